The zero-order valence-electron chi connectivity index (χ0n) is 11.8. The average Bonchev–Trinajstić information content (AvgIpc) is 2.89. The highest BCUT2D eigenvalue weighted by molar-refractivity contribution is 6.20. The Balaban J connectivity index is 1.49. The second-order valence-corrected chi connectivity index (χ2v) is 6.87. The van der Waals surface area contributed by atoms with Crippen molar-refractivity contribution in [1.29, 1.82) is 0 Å². The predicted molar refractivity (Wildman–Crippen MR) is 81.9 cm³/mol. The van der Waals surface area contributed by atoms with Crippen LogP contribution in [0.25, 0.3) is 0 Å². The SMILES string of the molecule is O=C(NCC1CCCC(Cl)C1)C1Cc2ccccc2C1. The minimum Gasteiger partial charge on any atom is -0.356 e. The molecule has 1 aromatic rings. The fourth-order valence-electron chi connectivity index (χ4n) is 3.54. The lowest BCUT2D eigenvalue weighted by Crippen LogP contribution is -2.36. The van der Waals surface area contributed by atoms with Gasteiger partial charge in [0.25, 0.3) is 0 Å². The molecule has 2 unspecified atom stereocenters. The number of rotatable bonds is 3. The number of fused-ring (bicyclic) bond motifs is 1. The molecule has 2 atom stereocenters. The Hall–Kier alpha value is -1.02. The fourth-order valence-corrected chi connectivity index (χ4v) is 3.95. The van der Waals surface area contributed by atoms with E-state index in [2.05, 4.69) is 29.6 Å². The zero-order chi connectivity index (χ0) is 13.9. The van der Waals surface area contributed by atoms with Crippen molar-refractivity contribution in [3.8, 4) is 0 Å². The first kappa shape index (κ1) is 13.9. The molecule has 3 rings (SSSR count). The van der Waals surface area contributed by atoms with Gasteiger partial charge in [-0.3, -0.25) is 4.79 Å². The molecule has 1 saturated carbocycles. The number of alkyl halides is 1. The summed E-state index contributed by atoms with van der Waals surface area (Å²) >= 11 is 6.20. The van der Waals surface area contributed by atoms with Gasteiger partial charge < -0.3 is 5.32 Å². The molecule has 0 radical (unpaired) electrons. The van der Waals surface area contributed by atoms with Gasteiger partial charge in [0.1, 0.15) is 0 Å². The van der Waals surface area contributed by atoms with Crippen LogP contribution in [0.15, 0.2) is 24.3 Å². The Kier molecular flexibility index (Phi) is 4.30. The fraction of sp³-hybridized carbons (Fsp3) is 0.588. The normalized spacial score (nSPS) is 26.2. The largest absolute Gasteiger partial charge is 0.356 e. The molecule has 0 spiro atoms. The summed E-state index contributed by atoms with van der Waals surface area (Å²) in [6.45, 7) is 0.800. The Bertz CT molecular complexity index is 463. The highest BCUT2D eigenvalue weighted by atomic mass is 35.5. The second-order valence-electron chi connectivity index (χ2n) is 6.25. The van der Waals surface area contributed by atoms with E-state index in [-0.39, 0.29) is 11.8 Å². The molecule has 0 bridgehead atoms. The number of benzene rings is 1. The molecule has 3 heteroatoms. The van der Waals surface area contributed by atoms with Crippen LogP contribution in [0.4, 0.5) is 0 Å². The van der Waals surface area contributed by atoms with E-state index >= 15 is 0 Å². The van der Waals surface area contributed by atoms with Gasteiger partial charge in [-0.15, -0.1) is 11.6 Å². The quantitative estimate of drug-likeness (QED) is 0.851. The van der Waals surface area contributed by atoms with Crippen molar-refractivity contribution in [1.82, 2.24) is 5.32 Å². The number of nitrogens with one attached hydrogen (secondary N) is 1. The minimum absolute atomic E-state index is 0.128. The molecular formula is C17H22ClNO. The molecule has 0 aromatic heterocycles. The molecule has 2 aliphatic rings. The third-order valence-corrected chi connectivity index (χ3v) is 5.10. The van der Waals surface area contributed by atoms with Crippen molar-refractivity contribution in [2.24, 2.45) is 11.8 Å². The molecule has 1 fully saturated rings. The maximum Gasteiger partial charge on any atom is 0.223 e. The molecule has 1 N–H and O–H groups in total. The Labute approximate surface area is 125 Å². The van der Waals surface area contributed by atoms with Crippen LogP contribution in [0, 0.1) is 11.8 Å². The van der Waals surface area contributed by atoms with E-state index in [9.17, 15) is 4.79 Å². The highest BCUT2D eigenvalue weighted by Crippen LogP contribution is 2.28. The molecule has 108 valence electrons. The second kappa shape index (κ2) is 6.17. The van der Waals surface area contributed by atoms with Crippen LogP contribution in [-0.4, -0.2) is 17.8 Å². The smallest absolute Gasteiger partial charge is 0.223 e. The van der Waals surface area contributed by atoms with E-state index < -0.39 is 0 Å². The van der Waals surface area contributed by atoms with Gasteiger partial charge in [0.05, 0.1) is 0 Å². The summed E-state index contributed by atoms with van der Waals surface area (Å²) in [6, 6.07) is 8.40. The molecule has 1 aromatic carbocycles. The molecule has 2 aliphatic carbocycles. The van der Waals surface area contributed by atoms with Crippen LogP contribution < -0.4 is 5.32 Å². The highest BCUT2D eigenvalue weighted by Gasteiger charge is 2.28. The number of halogens is 1. The number of carbonyl (C=O) groups excluding carboxylic acids is 1. The summed E-state index contributed by atoms with van der Waals surface area (Å²) in [5, 5.41) is 3.46. The van der Waals surface area contributed by atoms with Crippen molar-refractivity contribution in [3.05, 3.63) is 35.4 Å². The predicted octanol–water partition coefficient (Wildman–Crippen LogP) is 3.32. The molecule has 0 aliphatic heterocycles. The summed E-state index contributed by atoms with van der Waals surface area (Å²) in [7, 11) is 0. The lowest BCUT2D eigenvalue weighted by Gasteiger charge is -2.26. The van der Waals surface area contributed by atoms with Crippen molar-refractivity contribution >= 4 is 17.5 Å². The Morgan fingerprint density at radius 3 is 2.55 bits per heavy atom. The average molecular weight is 292 g/mol. The van der Waals surface area contributed by atoms with Gasteiger partial charge in [-0.05, 0) is 49.1 Å². The van der Waals surface area contributed by atoms with E-state index in [1.54, 1.807) is 0 Å². The first-order chi connectivity index (χ1) is 9.72. The van der Waals surface area contributed by atoms with E-state index in [1.165, 1.54) is 24.0 Å². The van der Waals surface area contributed by atoms with Crippen molar-refractivity contribution in [2.75, 3.05) is 6.54 Å². The zero-order valence-corrected chi connectivity index (χ0v) is 12.5. The van der Waals surface area contributed by atoms with E-state index in [0.717, 1.165) is 32.2 Å². The summed E-state index contributed by atoms with van der Waals surface area (Å²) < 4.78 is 0. The number of amides is 1. The third kappa shape index (κ3) is 3.17. The number of carbonyl (C=O) groups is 1. The van der Waals surface area contributed by atoms with Crippen molar-refractivity contribution < 1.29 is 4.79 Å². The van der Waals surface area contributed by atoms with Crippen LogP contribution in [0.2, 0.25) is 0 Å². The maximum absolute atomic E-state index is 12.3. The maximum atomic E-state index is 12.3. The van der Waals surface area contributed by atoms with Crippen LogP contribution in [0.5, 0.6) is 0 Å². The van der Waals surface area contributed by atoms with Crippen molar-refractivity contribution in [3.63, 3.8) is 0 Å². The molecule has 2 nitrogen and oxygen atoms in total. The van der Waals surface area contributed by atoms with E-state index in [1.807, 2.05) is 0 Å². The number of hydrogen-bond donors (Lipinski definition) is 1. The lowest BCUT2D eigenvalue weighted by molar-refractivity contribution is -0.124. The first-order valence-corrected chi connectivity index (χ1v) is 8.14. The van der Waals surface area contributed by atoms with Crippen molar-refractivity contribution in [2.45, 2.75) is 43.9 Å². The molecule has 20 heavy (non-hydrogen) atoms. The third-order valence-electron chi connectivity index (χ3n) is 4.71. The van der Waals surface area contributed by atoms with Gasteiger partial charge in [-0.25, -0.2) is 0 Å². The van der Waals surface area contributed by atoms with Crippen LogP contribution >= 0.6 is 11.6 Å². The first-order valence-electron chi connectivity index (χ1n) is 7.71. The van der Waals surface area contributed by atoms with Crippen LogP contribution in [-0.2, 0) is 17.6 Å². The van der Waals surface area contributed by atoms with Gasteiger partial charge in [0.15, 0.2) is 0 Å². The van der Waals surface area contributed by atoms with E-state index in [4.69, 9.17) is 11.6 Å². The van der Waals surface area contributed by atoms with Gasteiger partial charge in [-0.2, -0.15) is 0 Å². The molecule has 0 saturated heterocycles. The summed E-state index contributed by atoms with van der Waals surface area (Å²) in [5.41, 5.74) is 2.68. The summed E-state index contributed by atoms with van der Waals surface area (Å²) in [6.07, 6.45) is 6.37. The van der Waals surface area contributed by atoms with Gasteiger partial charge in [-0.1, -0.05) is 30.7 Å². The van der Waals surface area contributed by atoms with Crippen LogP contribution in [0.1, 0.15) is 36.8 Å². The van der Waals surface area contributed by atoms with Crippen LogP contribution in [0.3, 0.4) is 0 Å². The van der Waals surface area contributed by atoms with Gasteiger partial charge in [0, 0.05) is 17.8 Å². The number of hydrogen-bond acceptors (Lipinski definition) is 1. The minimum atomic E-state index is 0.128. The van der Waals surface area contributed by atoms with E-state index in [0.29, 0.717) is 11.3 Å². The topological polar surface area (TPSA) is 29.1 Å². The standard InChI is InChI=1S/C17H22ClNO/c18-16-7-3-4-12(8-16)11-19-17(20)15-9-13-5-1-2-6-14(13)10-15/h1-2,5-6,12,15-16H,3-4,7-11H2,(H,19,20). The molecular weight excluding hydrogens is 270 g/mol. The van der Waals surface area contributed by atoms with Gasteiger partial charge >= 0.3 is 0 Å². The Morgan fingerprint density at radius 2 is 1.90 bits per heavy atom. The monoisotopic (exact) mass is 291 g/mol. The lowest BCUT2D eigenvalue weighted by atomic mass is 9.89. The molecule has 1 amide bonds. The summed E-state index contributed by atoms with van der Waals surface area (Å²) in [4.78, 5) is 12.3. The Morgan fingerprint density at radius 1 is 1.20 bits per heavy atom. The molecule has 0 heterocycles. The summed E-state index contributed by atoms with van der Waals surface area (Å²) in [5.74, 6) is 0.916. The van der Waals surface area contributed by atoms with Gasteiger partial charge in [0.2, 0.25) is 5.91 Å².